The lowest BCUT2D eigenvalue weighted by atomic mass is 9.48. The van der Waals surface area contributed by atoms with E-state index in [4.69, 9.17) is 0 Å². The van der Waals surface area contributed by atoms with Crippen molar-refractivity contribution in [3.63, 3.8) is 0 Å². The Bertz CT molecular complexity index is 684. The number of fused-ring (bicyclic) bond motifs is 5. The Balaban J connectivity index is 1.73. The summed E-state index contributed by atoms with van der Waals surface area (Å²) >= 11 is 0. The highest BCUT2D eigenvalue weighted by molar-refractivity contribution is 5.92. The van der Waals surface area contributed by atoms with Crippen LogP contribution in [0.4, 0.5) is 0 Å². The van der Waals surface area contributed by atoms with Crippen LogP contribution in [0.25, 0.3) is 0 Å². The maximum atomic E-state index is 11.9. The second kappa shape index (κ2) is 5.22. The molecule has 0 unspecified atom stereocenters. The summed E-state index contributed by atoms with van der Waals surface area (Å²) in [7, 11) is 0. The molecule has 1 N–H and O–H groups in total. The highest BCUT2D eigenvalue weighted by Gasteiger charge is 2.61. The number of nitriles is 1. The molecule has 6 atom stereocenters. The van der Waals surface area contributed by atoms with Crippen LogP contribution in [0.1, 0.15) is 58.8 Å². The van der Waals surface area contributed by atoms with E-state index in [1.165, 1.54) is 6.26 Å². The molecule has 4 aliphatic rings. The van der Waals surface area contributed by atoms with Crippen LogP contribution in [0.2, 0.25) is 0 Å². The zero-order valence-electron chi connectivity index (χ0n) is 14.7. The molecule has 0 aromatic rings. The average Bonchev–Trinajstić information content (AvgIpc) is 2.86. The SMILES string of the molecule is C[C@]1(C#N)CC[C@H]2[C@@H]3C/C(=C\O)C4=CC(=O)CC[C@@H]4[C@H]3CC[C@@]21C. The van der Waals surface area contributed by atoms with Crippen LogP contribution >= 0.6 is 0 Å². The van der Waals surface area contributed by atoms with E-state index in [1.807, 2.05) is 0 Å². The van der Waals surface area contributed by atoms with Crippen molar-refractivity contribution in [3.05, 3.63) is 23.5 Å². The number of allylic oxidation sites excluding steroid dienone is 2. The Hall–Kier alpha value is -1.56. The maximum Gasteiger partial charge on any atom is 0.156 e. The predicted molar refractivity (Wildman–Crippen MR) is 91.9 cm³/mol. The molecular formula is C21H27NO2. The van der Waals surface area contributed by atoms with E-state index in [2.05, 4.69) is 19.9 Å². The van der Waals surface area contributed by atoms with E-state index in [9.17, 15) is 15.2 Å². The zero-order chi connectivity index (χ0) is 17.1. The van der Waals surface area contributed by atoms with Crippen molar-refractivity contribution >= 4 is 5.78 Å². The van der Waals surface area contributed by atoms with Crippen LogP contribution in [-0.2, 0) is 4.79 Å². The van der Waals surface area contributed by atoms with Gasteiger partial charge in [0.2, 0.25) is 0 Å². The first-order chi connectivity index (χ1) is 11.4. The summed E-state index contributed by atoms with van der Waals surface area (Å²) < 4.78 is 0. The minimum atomic E-state index is -0.218. The standard InChI is InChI=1S/C21H27NO2/c1-20(12-22)7-6-19-18-9-13(11-23)17-10-14(24)3-4-15(17)16(18)5-8-21(19,20)2/h10-11,15-16,18-19,23H,3-9H2,1-2H3/b13-11+/t15-,16-,18-,19+,20-,21+/m1/s1. The summed E-state index contributed by atoms with van der Waals surface area (Å²) in [6.07, 6.45) is 9.91. The molecule has 4 rings (SSSR count). The molecule has 0 spiro atoms. The number of ketones is 1. The highest BCUT2D eigenvalue weighted by Crippen LogP contribution is 2.67. The van der Waals surface area contributed by atoms with Gasteiger partial charge >= 0.3 is 0 Å². The molecular weight excluding hydrogens is 298 g/mol. The second-order valence-corrected chi connectivity index (χ2v) is 8.94. The second-order valence-electron chi connectivity index (χ2n) is 8.94. The molecule has 3 heteroatoms. The summed E-state index contributed by atoms with van der Waals surface area (Å²) in [4.78, 5) is 11.9. The monoisotopic (exact) mass is 325 g/mol. The first-order valence-corrected chi connectivity index (χ1v) is 9.43. The minimum Gasteiger partial charge on any atom is -0.515 e. The molecule has 24 heavy (non-hydrogen) atoms. The van der Waals surface area contributed by atoms with Gasteiger partial charge in [0.15, 0.2) is 5.78 Å². The molecule has 0 heterocycles. The molecule has 128 valence electrons. The van der Waals surface area contributed by atoms with Crippen LogP contribution < -0.4 is 0 Å². The van der Waals surface area contributed by atoms with Gasteiger partial charge in [-0.2, -0.15) is 5.26 Å². The molecule has 0 aromatic heterocycles. The number of rotatable bonds is 0. The van der Waals surface area contributed by atoms with E-state index in [-0.39, 0.29) is 16.6 Å². The van der Waals surface area contributed by atoms with Crippen LogP contribution in [-0.4, -0.2) is 10.9 Å². The van der Waals surface area contributed by atoms with Gasteiger partial charge in [-0.1, -0.05) is 6.92 Å². The van der Waals surface area contributed by atoms with Gasteiger partial charge in [0.1, 0.15) is 0 Å². The number of hydrogen-bond acceptors (Lipinski definition) is 3. The van der Waals surface area contributed by atoms with E-state index in [1.54, 1.807) is 6.08 Å². The van der Waals surface area contributed by atoms with E-state index < -0.39 is 0 Å². The largest absolute Gasteiger partial charge is 0.515 e. The van der Waals surface area contributed by atoms with E-state index in [0.717, 1.165) is 49.7 Å². The molecule has 0 aromatic carbocycles. The summed E-state index contributed by atoms with van der Waals surface area (Å²) in [5, 5.41) is 19.6. The zero-order valence-corrected chi connectivity index (χ0v) is 14.7. The number of aliphatic hydroxyl groups is 1. The van der Waals surface area contributed by atoms with Crippen molar-refractivity contribution in [1.82, 2.24) is 0 Å². The van der Waals surface area contributed by atoms with Crippen molar-refractivity contribution < 1.29 is 9.90 Å². The van der Waals surface area contributed by atoms with Crippen LogP contribution in [0.5, 0.6) is 0 Å². The molecule has 0 saturated heterocycles. The number of hydrogen-bond donors (Lipinski definition) is 1. The maximum absolute atomic E-state index is 11.9. The number of carbonyl (C=O) groups excluding carboxylic acids is 1. The molecule has 0 radical (unpaired) electrons. The molecule has 0 amide bonds. The molecule has 0 bridgehead atoms. The molecule has 3 saturated carbocycles. The van der Waals surface area contributed by atoms with Gasteiger partial charge in [-0.15, -0.1) is 0 Å². The molecule has 3 fully saturated rings. The van der Waals surface area contributed by atoms with Gasteiger partial charge in [-0.3, -0.25) is 4.79 Å². The lowest BCUT2D eigenvalue weighted by molar-refractivity contribution is -0.115. The Kier molecular flexibility index (Phi) is 3.46. The third-order valence-corrected chi connectivity index (χ3v) is 8.26. The lowest BCUT2D eigenvalue weighted by Crippen LogP contribution is -2.49. The first-order valence-electron chi connectivity index (χ1n) is 9.43. The number of carbonyl (C=O) groups is 1. The van der Waals surface area contributed by atoms with Crippen LogP contribution in [0.15, 0.2) is 23.5 Å². The topological polar surface area (TPSA) is 61.1 Å². The van der Waals surface area contributed by atoms with Crippen molar-refractivity contribution in [1.29, 1.82) is 5.26 Å². The number of aliphatic hydroxyl groups excluding tert-OH is 1. The summed E-state index contributed by atoms with van der Waals surface area (Å²) in [6, 6.07) is 2.64. The summed E-state index contributed by atoms with van der Waals surface area (Å²) in [5.41, 5.74) is 1.96. The Labute approximate surface area is 144 Å². The van der Waals surface area contributed by atoms with Crippen molar-refractivity contribution in [3.8, 4) is 6.07 Å². The molecule has 3 nitrogen and oxygen atoms in total. The Morgan fingerprint density at radius 2 is 2.04 bits per heavy atom. The number of nitrogens with zero attached hydrogens (tertiary/aromatic N) is 1. The van der Waals surface area contributed by atoms with Crippen molar-refractivity contribution in [2.45, 2.75) is 58.8 Å². The van der Waals surface area contributed by atoms with Crippen LogP contribution in [0.3, 0.4) is 0 Å². The van der Waals surface area contributed by atoms with Gasteiger partial charge in [-0.25, -0.2) is 0 Å². The van der Waals surface area contributed by atoms with E-state index in [0.29, 0.717) is 30.1 Å². The summed E-state index contributed by atoms with van der Waals surface area (Å²) in [6.45, 7) is 4.49. The predicted octanol–water partition coefficient (Wildman–Crippen LogP) is 4.71. The fourth-order valence-corrected chi connectivity index (χ4v) is 6.64. The van der Waals surface area contributed by atoms with Crippen molar-refractivity contribution in [2.75, 3.05) is 0 Å². The smallest absolute Gasteiger partial charge is 0.156 e. The van der Waals surface area contributed by atoms with E-state index >= 15 is 0 Å². The van der Waals surface area contributed by atoms with Gasteiger partial charge in [0, 0.05) is 6.42 Å². The minimum absolute atomic E-state index is 0.0924. The fourth-order valence-electron chi connectivity index (χ4n) is 6.64. The van der Waals surface area contributed by atoms with Crippen molar-refractivity contribution in [2.24, 2.45) is 34.5 Å². The Morgan fingerprint density at radius 1 is 1.25 bits per heavy atom. The third kappa shape index (κ3) is 1.92. The van der Waals surface area contributed by atoms with Gasteiger partial charge < -0.3 is 5.11 Å². The Morgan fingerprint density at radius 3 is 2.75 bits per heavy atom. The third-order valence-electron chi connectivity index (χ3n) is 8.26. The van der Waals surface area contributed by atoms with Gasteiger partial charge in [0.25, 0.3) is 0 Å². The summed E-state index contributed by atoms with van der Waals surface area (Å²) in [5.74, 6) is 2.37. The highest BCUT2D eigenvalue weighted by atomic mass is 16.2. The van der Waals surface area contributed by atoms with Crippen LogP contribution in [0, 0.1) is 45.8 Å². The fraction of sp³-hybridized carbons (Fsp3) is 0.714. The quantitative estimate of drug-likeness (QED) is 0.656. The molecule has 4 aliphatic carbocycles. The first kappa shape index (κ1) is 15.9. The normalized spacial score (nSPS) is 49.0. The average molecular weight is 325 g/mol. The van der Waals surface area contributed by atoms with Gasteiger partial charge in [-0.05, 0) is 91.8 Å². The lowest BCUT2D eigenvalue weighted by Gasteiger charge is -2.55. The molecule has 0 aliphatic heterocycles. The van der Waals surface area contributed by atoms with Gasteiger partial charge in [0.05, 0.1) is 17.7 Å².